The monoisotopic (exact) mass is 369 g/mol. The molecular formula is C20H23N3O4. The Morgan fingerprint density at radius 1 is 1.11 bits per heavy atom. The van der Waals surface area contributed by atoms with Crippen molar-refractivity contribution in [1.82, 2.24) is 10.3 Å². The lowest BCUT2D eigenvalue weighted by Crippen LogP contribution is -2.32. The van der Waals surface area contributed by atoms with E-state index in [-0.39, 0.29) is 35.4 Å². The van der Waals surface area contributed by atoms with Crippen molar-refractivity contribution in [2.24, 2.45) is 0 Å². The lowest BCUT2D eigenvalue weighted by molar-refractivity contribution is 0.0527. The molecule has 2 N–H and O–H groups in total. The van der Waals surface area contributed by atoms with E-state index in [0.717, 1.165) is 6.42 Å². The van der Waals surface area contributed by atoms with Gasteiger partial charge in [0.1, 0.15) is 5.69 Å². The van der Waals surface area contributed by atoms with Crippen molar-refractivity contribution in [3.05, 3.63) is 59.4 Å². The molecule has 142 valence electrons. The molecule has 1 unspecified atom stereocenters. The van der Waals surface area contributed by atoms with Crippen LogP contribution in [0.3, 0.4) is 0 Å². The largest absolute Gasteiger partial charge is 0.462 e. The first-order valence-corrected chi connectivity index (χ1v) is 8.80. The summed E-state index contributed by atoms with van der Waals surface area (Å²) < 4.78 is 5.00. The molecule has 1 aromatic carbocycles. The number of benzene rings is 1. The zero-order chi connectivity index (χ0) is 19.8. The molecule has 0 bridgehead atoms. The second kappa shape index (κ2) is 9.47. The number of amides is 2. The van der Waals surface area contributed by atoms with E-state index < -0.39 is 11.9 Å². The molecule has 0 radical (unpaired) electrons. The van der Waals surface area contributed by atoms with Gasteiger partial charge in [-0.2, -0.15) is 0 Å². The lowest BCUT2D eigenvalue weighted by atomic mass is 10.1. The van der Waals surface area contributed by atoms with Gasteiger partial charge in [0.15, 0.2) is 0 Å². The van der Waals surface area contributed by atoms with Gasteiger partial charge in [0.25, 0.3) is 11.8 Å². The van der Waals surface area contributed by atoms with E-state index in [9.17, 15) is 14.4 Å². The maximum absolute atomic E-state index is 12.6. The number of hydrogen-bond donors (Lipinski definition) is 2. The highest BCUT2D eigenvalue weighted by Gasteiger charge is 2.17. The molecule has 0 fully saturated rings. The smallest absolute Gasteiger partial charge is 0.340 e. The van der Waals surface area contributed by atoms with Crippen molar-refractivity contribution in [3.63, 3.8) is 0 Å². The Kier molecular flexibility index (Phi) is 7.05. The predicted octanol–water partition coefficient (Wildman–Crippen LogP) is 3.04. The van der Waals surface area contributed by atoms with Crippen LogP contribution in [0.2, 0.25) is 0 Å². The van der Waals surface area contributed by atoms with Crippen molar-refractivity contribution in [2.75, 3.05) is 11.9 Å². The Morgan fingerprint density at radius 2 is 1.85 bits per heavy atom. The zero-order valence-corrected chi connectivity index (χ0v) is 15.6. The third-order valence-electron chi connectivity index (χ3n) is 3.92. The average molecular weight is 369 g/mol. The third-order valence-corrected chi connectivity index (χ3v) is 3.92. The fraction of sp³-hybridized carbons (Fsp3) is 0.300. The molecule has 7 nitrogen and oxygen atoms in total. The summed E-state index contributed by atoms with van der Waals surface area (Å²) in [5.74, 6) is -1.31. The highest BCUT2D eigenvalue weighted by Crippen LogP contribution is 2.17. The van der Waals surface area contributed by atoms with Gasteiger partial charge in [-0.05, 0) is 44.5 Å². The molecule has 1 aromatic heterocycles. The number of pyridine rings is 1. The van der Waals surface area contributed by atoms with Crippen LogP contribution in [0, 0.1) is 0 Å². The maximum Gasteiger partial charge on any atom is 0.340 e. The SMILES string of the molecule is CCOC(=O)c1ccccc1NC(=O)c1ccnc(C(=O)NC(C)CC)c1. The van der Waals surface area contributed by atoms with Gasteiger partial charge < -0.3 is 15.4 Å². The molecular weight excluding hydrogens is 346 g/mol. The number of nitrogens with zero attached hydrogens (tertiary/aromatic N) is 1. The standard InChI is InChI=1S/C20H23N3O4/c1-4-13(3)22-19(25)17-12-14(10-11-21-17)18(24)23-16-9-7-6-8-15(16)20(26)27-5-2/h6-13H,4-5H2,1-3H3,(H,22,25)(H,23,24). The number of aromatic nitrogens is 1. The number of carbonyl (C=O) groups excluding carboxylic acids is 3. The van der Waals surface area contributed by atoms with E-state index in [1.165, 1.54) is 18.3 Å². The molecule has 1 atom stereocenters. The van der Waals surface area contributed by atoms with Crippen LogP contribution in [0.4, 0.5) is 5.69 Å². The summed E-state index contributed by atoms with van der Waals surface area (Å²) in [4.78, 5) is 40.8. The zero-order valence-electron chi connectivity index (χ0n) is 15.6. The van der Waals surface area contributed by atoms with E-state index in [0.29, 0.717) is 5.69 Å². The minimum Gasteiger partial charge on any atom is -0.462 e. The highest BCUT2D eigenvalue weighted by atomic mass is 16.5. The van der Waals surface area contributed by atoms with E-state index in [1.54, 1.807) is 31.2 Å². The maximum atomic E-state index is 12.6. The van der Waals surface area contributed by atoms with Gasteiger partial charge in [-0.1, -0.05) is 19.1 Å². The molecule has 0 aliphatic heterocycles. The molecule has 0 saturated heterocycles. The number of anilines is 1. The van der Waals surface area contributed by atoms with E-state index in [4.69, 9.17) is 4.74 Å². The van der Waals surface area contributed by atoms with Gasteiger partial charge >= 0.3 is 5.97 Å². The summed E-state index contributed by atoms with van der Waals surface area (Å²) in [7, 11) is 0. The van der Waals surface area contributed by atoms with Gasteiger partial charge in [0.2, 0.25) is 0 Å². The predicted molar refractivity (Wildman–Crippen MR) is 102 cm³/mol. The first-order chi connectivity index (χ1) is 13.0. The van der Waals surface area contributed by atoms with Crippen LogP contribution in [0.1, 0.15) is 58.4 Å². The Labute approximate surface area is 158 Å². The van der Waals surface area contributed by atoms with Crippen LogP contribution < -0.4 is 10.6 Å². The second-order valence-electron chi connectivity index (χ2n) is 5.93. The van der Waals surface area contributed by atoms with Crippen LogP contribution >= 0.6 is 0 Å². The van der Waals surface area contributed by atoms with Crippen LogP contribution in [-0.4, -0.2) is 35.4 Å². The van der Waals surface area contributed by atoms with Gasteiger partial charge in [-0.3, -0.25) is 14.6 Å². The Bertz CT molecular complexity index is 835. The normalized spacial score (nSPS) is 11.4. The molecule has 0 aliphatic carbocycles. The van der Waals surface area contributed by atoms with E-state index in [2.05, 4.69) is 15.6 Å². The van der Waals surface area contributed by atoms with Gasteiger partial charge in [-0.25, -0.2) is 4.79 Å². The number of hydrogen-bond acceptors (Lipinski definition) is 5. The summed E-state index contributed by atoms with van der Waals surface area (Å²) in [5, 5.41) is 5.49. The highest BCUT2D eigenvalue weighted by molar-refractivity contribution is 6.08. The number of ether oxygens (including phenoxy) is 1. The Morgan fingerprint density at radius 3 is 2.56 bits per heavy atom. The minimum absolute atomic E-state index is 0.00763. The van der Waals surface area contributed by atoms with Crippen molar-refractivity contribution < 1.29 is 19.1 Å². The average Bonchev–Trinajstić information content (AvgIpc) is 2.68. The van der Waals surface area contributed by atoms with E-state index in [1.807, 2.05) is 13.8 Å². The molecule has 2 amide bonds. The molecule has 0 aliphatic rings. The van der Waals surface area contributed by atoms with Gasteiger partial charge in [-0.15, -0.1) is 0 Å². The van der Waals surface area contributed by atoms with Crippen molar-refractivity contribution in [1.29, 1.82) is 0 Å². The summed E-state index contributed by atoms with van der Waals surface area (Å²) in [6.07, 6.45) is 2.19. The minimum atomic E-state index is -0.517. The van der Waals surface area contributed by atoms with Crippen LogP contribution in [0.15, 0.2) is 42.6 Å². The van der Waals surface area contributed by atoms with E-state index >= 15 is 0 Å². The number of esters is 1. The third kappa shape index (κ3) is 5.37. The first kappa shape index (κ1) is 20.1. The molecule has 27 heavy (non-hydrogen) atoms. The van der Waals surface area contributed by atoms with Crippen molar-refractivity contribution in [2.45, 2.75) is 33.2 Å². The van der Waals surface area contributed by atoms with Crippen LogP contribution in [0.25, 0.3) is 0 Å². The summed E-state index contributed by atoms with van der Waals surface area (Å²) in [5.41, 5.74) is 1.01. The topological polar surface area (TPSA) is 97.4 Å². The quantitative estimate of drug-likeness (QED) is 0.731. The van der Waals surface area contributed by atoms with Crippen LogP contribution in [0.5, 0.6) is 0 Å². The van der Waals surface area contributed by atoms with Crippen molar-refractivity contribution >= 4 is 23.5 Å². The summed E-state index contributed by atoms with van der Waals surface area (Å²) in [6, 6.07) is 9.50. The molecule has 7 heteroatoms. The van der Waals surface area contributed by atoms with Gasteiger partial charge in [0.05, 0.1) is 17.9 Å². The second-order valence-corrected chi connectivity index (χ2v) is 5.93. The Balaban J connectivity index is 2.19. The molecule has 1 heterocycles. The number of rotatable bonds is 7. The summed E-state index contributed by atoms with van der Waals surface area (Å²) >= 11 is 0. The molecule has 0 spiro atoms. The van der Waals surface area contributed by atoms with Gasteiger partial charge in [0, 0.05) is 17.8 Å². The molecule has 2 rings (SSSR count). The number of para-hydroxylation sites is 1. The number of carbonyl (C=O) groups is 3. The lowest BCUT2D eigenvalue weighted by Gasteiger charge is -2.12. The van der Waals surface area contributed by atoms with Crippen LogP contribution in [-0.2, 0) is 4.74 Å². The Hall–Kier alpha value is -3.22. The molecule has 0 saturated carbocycles. The first-order valence-electron chi connectivity index (χ1n) is 8.80. The summed E-state index contributed by atoms with van der Waals surface area (Å²) in [6.45, 7) is 5.80. The fourth-order valence-electron chi connectivity index (χ4n) is 2.27. The van der Waals surface area contributed by atoms with Crippen molar-refractivity contribution in [3.8, 4) is 0 Å². The molecule has 2 aromatic rings. The number of nitrogens with one attached hydrogen (secondary N) is 2. The fourth-order valence-corrected chi connectivity index (χ4v) is 2.27.